The topological polar surface area (TPSA) is 65.4 Å². The van der Waals surface area contributed by atoms with Gasteiger partial charge in [0, 0.05) is 11.9 Å². The number of benzene rings is 1. The molecule has 0 unspecified atom stereocenters. The van der Waals surface area contributed by atoms with Crippen LogP contribution < -0.4 is 10.5 Å². The van der Waals surface area contributed by atoms with E-state index >= 15 is 0 Å². The molecule has 0 fully saturated rings. The Balaban J connectivity index is 1.86. The van der Waals surface area contributed by atoms with E-state index in [0.717, 1.165) is 15.9 Å². The maximum atomic E-state index is 5.76. The average Bonchev–Trinajstić information content (AvgIpc) is 2.80. The molecule has 3 aromatic rings. The summed E-state index contributed by atoms with van der Waals surface area (Å²) in [5.41, 5.74) is 7.17. The third-order valence-electron chi connectivity index (χ3n) is 2.69. The summed E-state index contributed by atoms with van der Waals surface area (Å²) in [6.07, 6.45) is 1.79. The van der Waals surface area contributed by atoms with Crippen molar-refractivity contribution in [3.8, 4) is 5.75 Å². The van der Waals surface area contributed by atoms with E-state index in [1.807, 2.05) is 34.7 Å². The molecule has 3 rings (SSSR count). The summed E-state index contributed by atoms with van der Waals surface area (Å²) in [5, 5.41) is 8.16. The molecule has 0 aliphatic heterocycles. The Kier molecular flexibility index (Phi) is 3.08. The molecule has 0 saturated heterocycles. The van der Waals surface area contributed by atoms with Crippen molar-refractivity contribution in [3.05, 3.63) is 52.9 Å². The number of hydrogen-bond donors (Lipinski definition) is 1. The van der Waals surface area contributed by atoms with Crippen molar-refractivity contribution in [2.45, 2.75) is 6.61 Å². The zero-order valence-electron chi connectivity index (χ0n) is 9.95. The lowest BCUT2D eigenvalue weighted by atomic mass is 10.3. The quantitative estimate of drug-likeness (QED) is 0.806. The van der Waals surface area contributed by atoms with Crippen LogP contribution in [0.4, 0.5) is 5.69 Å². The van der Waals surface area contributed by atoms with Crippen molar-refractivity contribution in [2.75, 3.05) is 5.73 Å². The van der Waals surface area contributed by atoms with E-state index < -0.39 is 0 Å². The number of aromatic nitrogens is 3. The summed E-state index contributed by atoms with van der Waals surface area (Å²) in [4.78, 5) is 0. The molecule has 19 heavy (non-hydrogen) atoms. The van der Waals surface area contributed by atoms with Gasteiger partial charge in [-0.15, -0.1) is 10.2 Å². The van der Waals surface area contributed by atoms with E-state index in [1.165, 1.54) is 0 Å². The van der Waals surface area contributed by atoms with E-state index in [9.17, 15) is 0 Å². The highest BCUT2D eigenvalue weighted by molar-refractivity contribution is 9.10. The zero-order valence-corrected chi connectivity index (χ0v) is 11.5. The van der Waals surface area contributed by atoms with Crippen LogP contribution >= 0.6 is 15.9 Å². The van der Waals surface area contributed by atoms with Crippen LogP contribution in [0.1, 0.15) is 5.82 Å². The van der Waals surface area contributed by atoms with Crippen molar-refractivity contribution in [1.29, 1.82) is 0 Å². The summed E-state index contributed by atoms with van der Waals surface area (Å²) in [6, 6.07) is 11.3. The molecule has 0 saturated carbocycles. The number of nitrogens with two attached hydrogens (primary N) is 1. The molecule has 2 N–H and O–H groups in total. The number of hydrogen-bond acceptors (Lipinski definition) is 4. The van der Waals surface area contributed by atoms with E-state index in [1.54, 1.807) is 12.3 Å². The third kappa shape index (κ3) is 2.39. The number of halogens is 1. The molecule has 5 nitrogen and oxygen atoms in total. The van der Waals surface area contributed by atoms with Crippen molar-refractivity contribution in [2.24, 2.45) is 0 Å². The predicted molar refractivity (Wildman–Crippen MR) is 75.9 cm³/mol. The average molecular weight is 319 g/mol. The van der Waals surface area contributed by atoms with E-state index in [0.29, 0.717) is 18.1 Å². The Bertz CT molecular complexity index is 725. The molecule has 0 atom stereocenters. The molecule has 1 aromatic carbocycles. The van der Waals surface area contributed by atoms with Gasteiger partial charge in [0.2, 0.25) is 0 Å². The minimum atomic E-state index is 0.327. The number of ether oxygens (including phenoxy) is 1. The Labute approximate surface area is 118 Å². The maximum Gasteiger partial charge on any atom is 0.175 e. The standard InChI is InChI=1S/C13H11BrN4O/c14-10-3-1-2-4-11(10)19-8-13-17-16-12-6-5-9(15)7-18(12)13/h1-7H,8,15H2. The van der Waals surface area contributed by atoms with Gasteiger partial charge < -0.3 is 10.5 Å². The van der Waals surface area contributed by atoms with Crippen molar-refractivity contribution in [1.82, 2.24) is 14.6 Å². The normalized spacial score (nSPS) is 10.8. The monoisotopic (exact) mass is 318 g/mol. The molecular formula is C13H11BrN4O. The number of anilines is 1. The fraction of sp³-hybridized carbons (Fsp3) is 0.0769. The first-order chi connectivity index (χ1) is 9.24. The first-order valence-corrected chi connectivity index (χ1v) is 6.50. The van der Waals surface area contributed by atoms with Crippen LogP contribution in [0.5, 0.6) is 5.75 Å². The summed E-state index contributed by atoms with van der Waals surface area (Å²) < 4.78 is 8.45. The second kappa shape index (κ2) is 4.89. The van der Waals surface area contributed by atoms with E-state index in [2.05, 4.69) is 26.1 Å². The smallest absolute Gasteiger partial charge is 0.175 e. The maximum absolute atomic E-state index is 5.76. The van der Waals surface area contributed by atoms with Gasteiger partial charge in [-0.1, -0.05) is 12.1 Å². The van der Waals surface area contributed by atoms with Gasteiger partial charge in [0.05, 0.1) is 4.47 Å². The van der Waals surface area contributed by atoms with Crippen LogP contribution in [0.15, 0.2) is 47.1 Å². The number of pyridine rings is 1. The molecule has 0 amide bonds. The van der Waals surface area contributed by atoms with E-state index in [4.69, 9.17) is 10.5 Å². The molecule has 96 valence electrons. The third-order valence-corrected chi connectivity index (χ3v) is 3.34. The van der Waals surface area contributed by atoms with Crippen LogP contribution in [0.3, 0.4) is 0 Å². The van der Waals surface area contributed by atoms with Crippen LogP contribution in [0.25, 0.3) is 5.65 Å². The Morgan fingerprint density at radius 2 is 2.00 bits per heavy atom. The SMILES string of the molecule is Nc1ccc2nnc(COc3ccccc3Br)n2c1. The first kappa shape index (κ1) is 12.0. The number of fused-ring (bicyclic) bond motifs is 1. The summed E-state index contributed by atoms with van der Waals surface area (Å²) in [5.74, 6) is 1.47. The van der Waals surface area contributed by atoms with Gasteiger partial charge in [-0.05, 0) is 40.2 Å². The van der Waals surface area contributed by atoms with Crippen LogP contribution in [-0.2, 0) is 6.61 Å². The van der Waals surface area contributed by atoms with Gasteiger partial charge in [0.1, 0.15) is 12.4 Å². The fourth-order valence-corrected chi connectivity index (χ4v) is 2.16. The van der Waals surface area contributed by atoms with Gasteiger partial charge in [0.15, 0.2) is 11.5 Å². The molecule has 2 aromatic heterocycles. The summed E-state index contributed by atoms with van der Waals surface area (Å²) >= 11 is 3.43. The summed E-state index contributed by atoms with van der Waals surface area (Å²) in [7, 11) is 0. The second-order valence-corrected chi connectivity index (χ2v) is 4.88. The Morgan fingerprint density at radius 3 is 2.84 bits per heavy atom. The highest BCUT2D eigenvalue weighted by Gasteiger charge is 2.07. The van der Waals surface area contributed by atoms with Crippen molar-refractivity contribution >= 4 is 27.3 Å². The number of para-hydroxylation sites is 1. The van der Waals surface area contributed by atoms with Gasteiger partial charge >= 0.3 is 0 Å². The van der Waals surface area contributed by atoms with Gasteiger partial charge in [-0.3, -0.25) is 4.40 Å². The molecular weight excluding hydrogens is 308 g/mol. The highest BCUT2D eigenvalue weighted by atomic mass is 79.9. The predicted octanol–water partition coefficient (Wildman–Crippen LogP) is 2.65. The number of nitrogen functional groups attached to an aromatic ring is 1. The van der Waals surface area contributed by atoms with Gasteiger partial charge in [0.25, 0.3) is 0 Å². The molecule has 2 heterocycles. The lowest BCUT2D eigenvalue weighted by Gasteiger charge is -2.06. The lowest BCUT2D eigenvalue weighted by Crippen LogP contribution is -2.02. The second-order valence-electron chi connectivity index (χ2n) is 4.03. The largest absolute Gasteiger partial charge is 0.484 e. The highest BCUT2D eigenvalue weighted by Crippen LogP contribution is 2.24. The Hall–Kier alpha value is -2.08. The molecule has 0 radical (unpaired) electrons. The van der Waals surface area contributed by atoms with Crippen molar-refractivity contribution < 1.29 is 4.74 Å². The minimum Gasteiger partial charge on any atom is -0.484 e. The number of nitrogens with zero attached hydrogens (tertiary/aromatic N) is 3. The van der Waals surface area contributed by atoms with Gasteiger partial charge in [-0.2, -0.15) is 0 Å². The van der Waals surface area contributed by atoms with Gasteiger partial charge in [-0.25, -0.2) is 0 Å². The molecule has 0 spiro atoms. The van der Waals surface area contributed by atoms with Crippen LogP contribution in [0.2, 0.25) is 0 Å². The van der Waals surface area contributed by atoms with Crippen LogP contribution in [-0.4, -0.2) is 14.6 Å². The molecule has 0 bridgehead atoms. The first-order valence-electron chi connectivity index (χ1n) is 5.70. The fourth-order valence-electron chi connectivity index (χ4n) is 1.76. The van der Waals surface area contributed by atoms with Crippen molar-refractivity contribution in [3.63, 3.8) is 0 Å². The molecule has 6 heteroatoms. The lowest BCUT2D eigenvalue weighted by molar-refractivity contribution is 0.292. The van der Waals surface area contributed by atoms with Crippen LogP contribution in [0, 0.1) is 0 Å². The zero-order chi connectivity index (χ0) is 13.2. The number of rotatable bonds is 3. The molecule has 0 aliphatic rings. The Morgan fingerprint density at radius 1 is 1.16 bits per heavy atom. The summed E-state index contributed by atoms with van der Waals surface area (Å²) in [6.45, 7) is 0.327. The van der Waals surface area contributed by atoms with E-state index in [-0.39, 0.29) is 0 Å². The molecule has 0 aliphatic carbocycles. The minimum absolute atomic E-state index is 0.327.